The van der Waals surface area contributed by atoms with Crippen LogP contribution in [0.15, 0.2) is 23.0 Å². The number of nitrogens with one attached hydrogen (secondary N) is 1. The van der Waals surface area contributed by atoms with Crippen molar-refractivity contribution in [1.29, 1.82) is 0 Å². The van der Waals surface area contributed by atoms with E-state index in [0.29, 0.717) is 12.5 Å². The smallest absolute Gasteiger partial charge is 0.194 e. The lowest BCUT2D eigenvalue weighted by molar-refractivity contribution is 0.176. The summed E-state index contributed by atoms with van der Waals surface area (Å²) >= 11 is 0. The number of benzene rings is 1. The Balaban J connectivity index is 1.93. The molecule has 0 amide bonds. The van der Waals surface area contributed by atoms with Gasteiger partial charge < -0.3 is 9.72 Å². The second-order valence-corrected chi connectivity index (χ2v) is 7.10. The average Bonchev–Trinajstić information content (AvgIpc) is 2.57. The summed E-state index contributed by atoms with van der Waals surface area (Å²) < 4.78 is 5.69. The number of hydrogen-bond acceptors (Lipinski definition) is 3. The second-order valence-electron chi connectivity index (χ2n) is 7.10. The third-order valence-electron chi connectivity index (χ3n) is 4.88. The van der Waals surface area contributed by atoms with E-state index in [-0.39, 0.29) is 5.43 Å². The molecule has 1 aromatic carbocycles. The van der Waals surface area contributed by atoms with Crippen LogP contribution in [0.5, 0.6) is 5.75 Å². The van der Waals surface area contributed by atoms with Gasteiger partial charge in [0.05, 0.1) is 6.61 Å². The minimum Gasteiger partial charge on any atom is -0.494 e. The zero-order valence-corrected chi connectivity index (χ0v) is 15.0. The van der Waals surface area contributed by atoms with E-state index < -0.39 is 0 Å². The normalized spacial score (nSPS) is 18.9. The van der Waals surface area contributed by atoms with Crippen molar-refractivity contribution in [3.05, 3.63) is 39.7 Å². The largest absolute Gasteiger partial charge is 0.494 e. The molecule has 0 radical (unpaired) electrons. The summed E-state index contributed by atoms with van der Waals surface area (Å²) in [5, 5.41) is 0.731. The molecule has 3 rings (SSSR count). The minimum atomic E-state index is 0.140. The standard InChI is InChI=1S/C20H28N2O2/c1-4-10-24-16-7-8-19-17(11-16)20(23)18(15(3)21-19)13-22-9-5-6-14(2)12-22/h7-8,11,14H,4-6,9-10,12-13H2,1-3H3,(H,21,23)/t14-/m0/s1. The van der Waals surface area contributed by atoms with Crippen LogP contribution in [0.4, 0.5) is 0 Å². The molecule has 2 heterocycles. The average molecular weight is 328 g/mol. The van der Waals surface area contributed by atoms with Crippen LogP contribution in [0.3, 0.4) is 0 Å². The molecule has 1 aliphatic heterocycles. The van der Waals surface area contributed by atoms with E-state index in [2.05, 4.69) is 23.7 Å². The van der Waals surface area contributed by atoms with Crippen molar-refractivity contribution in [2.45, 2.75) is 46.6 Å². The lowest BCUT2D eigenvalue weighted by Gasteiger charge is -2.31. The maximum Gasteiger partial charge on any atom is 0.194 e. The second kappa shape index (κ2) is 7.39. The molecule has 0 unspecified atom stereocenters. The highest BCUT2D eigenvalue weighted by Gasteiger charge is 2.19. The van der Waals surface area contributed by atoms with Crippen molar-refractivity contribution in [3.8, 4) is 5.75 Å². The van der Waals surface area contributed by atoms with Gasteiger partial charge in [0, 0.05) is 35.2 Å². The van der Waals surface area contributed by atoms with Crippen LogP contribution in [0, 0.1) is 12.8 Å². The van der Waals surface area contributed by atoms with E-state index in [9.17, 15) is 4.79 Å². The Hall–Kier alpha value is -1.81. The maximum atomic E-state index is 13.0. The third kappa shape index (κ3) is 3.64. The van der Waals surface area contributed by atoms with E-state index in [4.69, 9.17) is 4.74 Å². The molecular weight excluding hydrogens is 300 g/mol. The number of rotatable bonds is 5. The van der Waals surface area contributed by atoms with Crippen LogP contribution >= 0.6 is 0 Å². The fourth-order valence-electron chi connectivity index (χ4n) is 3.58. The molecule has 2 aromatic rings. The molecule has 0 saturated carbocycles. The molecule has 4 nitrogen and oxygen atoms in total. The van der Waals surface area contributed by atoms with Gasteiger partial charge in [0.2, 0.25) is 0 Å². The Bertz CT molecular complexity index is 766. The van der Waals surface area contributed by atoms with E-state index >= 15 is 0 Å². The van der Waals surface area contributed by atoms with Gasteiger partial charge >= 0.3 is 0 Å². The Morgan fingerprint density at radius 3 is 2.96 bits per heavy atom. The van der Waals surface area contributed by atoms with Crippen molar-refractivity contribution in [2.75, 3.05) is 19.7 Å². The number of H-pyrrole nitrogens is 1. The quantitative estimate of drug-likeness (QED) is 0.906. The van der Waals surface area contributed by atoms with Crippen LogP contribution in [0.2, 0.25) is 0 Å². The molecule has 4 heteroatoms. The number of aryl methyl sites for hydroxylation is 1. The van der Waals surface area contributed by atoms with Crippen molar-refractivity contribution in [1.82, 2.24) is 9.88 Å². The van der Waals surface area contributed by atoms with Gasteiger partial charge in [-0.2, -0.15) is 0 Å². The Morgan fingerprint density at radius 2 is 2.21 bits per heavy atom. The van der Waals surface area contributed by atoms with Gasteiger partial charge in [-0.25, -0.2) is 0 Å². The summed E-state index contributed by atoms with van der Waals surface area (Å²) in [6.45, 7) is 9.95. The molecule has 1 fully saturated rings. The summed E-state index contributed by atoms with van der Waals surface area (Å²) in [5.74, 6) is 1.49. The molecule has 1 saturated heterocycles. The number of nitrogens with zero attached hydrogens (tertiary/aromatic N) is 1. The van der Waals surface area contributed by atoms with Gasteiger partial charge in [0.1, 0.15) is 5.75 Å². The monoisotopic (exact) mass is 328 g/mol. The summed E-state index contributed by atoms with van der Waals surface area (Å²) in [5.41, 5.74) is 2.90. The molecule has 24 heavy (non-hydrogen) atoms. The van der Waals surface area contributed by atoms with Gasteiger partial charge in [-0.3, -0.25) is 9.69 Å². The van der Waals surface area contributed by atoms with Crippen LogP contribution in [0.25, 0.3) is 10.9 Å². The number of ether oxygens (including phenoxy) is 1. The summed E-state index contributed by atoms with van der Waals surface area (Å²) in [6.07, 6.45) is 3.48. The van der Waals surface area contributed by atoms with Crippen LogP contribution in [-0.4, -0.2) is 29.6 Å². The number of aromatic amines is 1. The zero-order valence-electron chi connectivity index (χ0n) is 15.0. The Labute approximate surface area is 143 Å². The molecule has 1 N–H and O–H groups in total. The first-order chi connectivity index (χ1) is 11.6. The van der Waals surface area contributed by atoms with Crippen molar-refractivity contribution < 1.29 is 4.74 Å². The molecule has 130 valence electrons. The number of aromatic nitrogens is 1. The SMILES string of the molecule is CCCOc1ccc2[nH]c(C)c(CN3CCC[C@H](C)C3)c(=O)c2c1. The van der Waals surface area contributed by atoms with Gasteiger partial charge in [0.15, 0.2) is 5.43 Å². The van der Waals surface area contributed by atoms with Crippen molar-refractivity contribution in [3.63, 3.8) is 0 Å². The number of fused-ring (bicyclic) bond motifs is 1. The molecule has 1 aliphatic rings. The number of piperidine rings is 1. The van der Waals surface area contributed by atoms with Gasteiger partial charge in [0.25, 0.3) is 0 Å². The fraction of sp³-hybridized carbons (Fsp3) is 0.550. The molecule has 0 spiro atoms. The van der Waals surface area contributed by atoms with Gasteiger partial charge in [-0.05, 0) is 56.8 Å². The topological polar surface area (TPSA) is 45.3 Å². The van der Waals surface area contributed by atoms with Crippen molar-refractivity contribution >= 4 is 10.9 Å². The molecule has 1 atom stereocenters. The molecule has 0 bridgehead atoms. The van der Waals surface area contributed by atoms with Crippen molar-refractivity contribution in [2.24, 2.45) is 5.92 Å². The third-order valence-corrected chi connectivity index (χ3v) is 4.88. The van der Waals surface area contributed by atoms with Crippen LogP contribution in [-0.2, 0) is 6.54 Å². The first-order valence-corrected chi connectivity index (χ1v) is 9.09. The van der Waals surface area contributed by atoms with Gasteiger partial charge in [-0.1, -0.05) is 13.8 Å². The highest BCUT2D eigenvalue weighted by molar-refractivity contribution is 5.81. The zero-order chi connectivity index (χ0) is 17.1. The lowest BCUT2D eigenvalue weighted by atomic mass is 9.99. The Morgan fingerprint density at radius 1 is 1.38 bits per heavy atom. The summed E-state index contributed by atoms with van der Waals surface area (Å²) in [7, 11) is 0. The van der Waals surface area contributed by atoms with Crippen LogP contribution in [0.1, 0.15) is 44.4 Å². The fourth-order valence-corrected chi connectivity index (χ4v) is 3.58. The number of pyridine rings is 1. The van der Waals surface area contributed by atoms with E-state index in [1.54, 1.807) is 0 Å². The summed E-state index contributed by atoms with van der Waals surface area (Å²) in [4.78, 5) is 18.8. The number of hydrogen-bond donors (Lipinski definition) is 1. The van der Waals surface area contributed by atoms with E-state index in [1.165, 1.54) is 12.8 Å². The molecular formula is C20H28N2O2. The number of likely N-dealkylation sites (tertiary alicyclic amines) is 1. The van der Waals surface area contributed by atoms with Crippen LogP contribution < -0.4 is 10.2 Å². The predicted octanol–water partition coefficient (Wildman–Crippen LogP) is 3.86. The predicted molar refractivity (Wildman–Crippen MR) is 98.8 cm³/mol. The first-order valence-electron chi connectivity index (χ1n) is 9.09. The van der Waals surface area contributed by atoms with Gasteiger partial charge in [-0.15, -0.1) is 0 Å². The maximum absolute atomic E-state index is 13.0. The summed E-state index contributed by atoms with van der Waals surface area (Å²) in [6, 6.07) is 5.76. The van der Waals surface area contributed by atoms with E-state index in [0.717, 1.165) is 54.0 Å². The Kier molecular flexibility index (Phi) is 5.24. The lowest BCUT2D eigenvalue weighted by Crippen LogP contribution is -2.35. The highest BCUT2D eigenvalue weighted by atomic mass is 16.5. The minimum absolute atomic E-state index is 0.140. The highest BCUT2D eigenvalue weighted by Crippen LogP contribution is 2.21. The molecule has 0 aliphatic carbocycles. The first kappa shape index (κ1) is 17.0. The molecule has 1 aromatic heterocycles. The van der Waals surface area contributed by atoms with E-state index in [1.807, 2.05) is 25.1 Å².